The number of carboxylic acids is 1. The predicted molar refractivity (Wildman–Crippen MR) is 101 cm³/mol. The second-order valence-electron chi connectivity index (χ2n) is 6.90. The Balaban J connectivity index is 1.63. The second-order valence-corrected chi connectivity index (χ2v) is 7.34. The monoisotopic (exact) mass is 404 g/mol. The summed E-state index contributed by atoms with van der Waals surface area (Å²) in [6, 6.07) is 9.81. The van der Waals surface area contributed by atoms with Crippen molar-refractivity contribution in [1.29, 1.82) is 0 Å². The summed E-state index contributed by atoms with van der Waals surface area (Å²) in [4.78, 5) is 10.9. The van der Waals surface area contributed by atoms with Crippen molar-refractivity contribution < 1.29 is 28.5 Å². The largest absolute Gasteiger partial charge is 0.481 e. The molecular weight excluding hydrogens is 387 g/mol. The third-order valence-electron chi connectivity index (χ3n) is 4.85. The lowest BCUT2D eigenvalue weighted by Gasteiger charge is -2.25. The first-order valence-electron chi connectivity index (χ1n) is 8.85. The van der Waals surface area contributed by atoms with E-state index in [1.54, 1.807) is 25.1 Å². The van der Waals surface area contributed by atoms with Crippen LogP contribution in [0.1, 0.15) is 30.9 Å². The van der Waals surface area contributed by atoms with E-state index in [0.29, 0.717) is 22.9 Å². The van der Waals surface area contributed by atoms with E-state index >= 15 is 0 Å². The third-order valence-corrected chi connectivity index (χ3v) is 5.09. The van der Waals surface area contributed by atoms with Gasteiger partial charge in [-0.3, -0.25) is 4.79 Å². The number of ether oxygens (including phenoxy) is 3. The molecule has 28 heavy (non-hydrogen) atoms. The first kappa shape index (κ1) is 18.8. The zero-order chi connectivity index (χ0) is 19.9. The fourth-order valence-corrected chi connectivity index (χ4v) is 3.64. The summed E-state index contributed by atoms with van der Waals surface area (Å²) in [7, 11) is 0. The number of carbonyl (C=O) groups is 1. The SMILES string of the molecule is C[C@]1(c2ccc(Cl)cc2F)Oc2cccc(C3=CC[C@@H](CC(=O)O)OC3)c2O1. The Morgan fingerprint density at radius 2 is 2.14 bits per heavy atom. The topological polar surface area (TPSA) is 65.0 Å². The molecule has 2 aromatic rings. The molecule has 4 rings (SSSR count). The van der Waals surface area contributed by atoms with E-state index < -0.39 is 17.6 Å². The van der Waals surface area contributed by atoms with Crippen molar-refractivity contribution in [2.45, 2.75) is 31.7 Å². The molecule has 0 unspecified atom stereocenters. The van der Waals surface area contributed by atoms with Gasteiger partial charge in [0.1, 0.15) is 5.82 Å². The number of rotatable bonds is 4. The molecule has 0 aromatic heterocycles. The van der Waals surface area contributed by atoms with Crippen molar-refractivity contribution in [2.75, 3.05) is 6.61 Å². The fourth-order valence-electron chi connectivity index (χ4n) is 3.48. The molecule has 2 aliphatic rings. The van der Waals surface area contributed by atoms with E-state index in [1.807, 2.05) is 18.2 Å². The van der Waals surface area contributed by atoms with Crippen molar-refractivity contribution >= 4 is 23.1 Å². The maximum Gasteiger partial charge on any atom is 0.305 e. The van der Waals surface area contributed by atoms with Crippen LogP contribution in [0.2, 0.25) is 5.02 Å². The van der Waals surface area contributed by atoms with Gasteiger partial charge >= 0.3 is 5.97 Å². The van der Waals surface area contributed by atoms with Crippen LogP contribution in [0.4, 0.5) is 4.39 Å². The number of benzene rings is 2. The van der Waals surface area contributed by atoms with Crippen LogP contribution in [0, 0.1) is 5.82 Å². The first-order valence-corrected chi connectivity index (χ1v) is 9.23. The molecule has 0 spiro atoms. The summed E-state index contributed by atoms with van der Waals surface area (Å²) in [5, 5.41) is 9.20. The molecule has 0 saturated carbocycles. The molecule has 0 radical (unpaired) electrons. The molecule has 0 saturated heterocycles. The predicted octanol–water partition coefficient (Wildman–Crippen LogP) is 4.77. The average Bonchev–Trinajstić information content (AvgIpc) is 2.98. The third kappa shape index (κ3) is 3.45. The van der Waals surface area contributed by atoms with Crippen LogP contribution in [0.25, 0.3) is 5.57 Å². The highest BCUT2D eigenvalue weighted by Gasteiger charge is 2.42. The maximum absolute atomic E-state index is 14.4. The van der Waals surface area contributed by atoms with Crippen LogP contribution >= 0.6 is 11.6 Å². The minimum absolute atomic E-state index is 0.0375. The van der Waals surface area contributed by atoms with Crippen LogP contribution in [0.5, 0.6) is 11.5 Å². The normalized spacial score (nSPS) is 23.4. The Bertz CT molecular complexity index is 973. The zero-order valence-electron chi connectivity index (χ0n) is 15.1. The van der Waals surface area contributed by atoms with Gasteiger partial charge in [0.15, 0.2) is 11.5 Å². The lowest BCUT2D eigenvalue weighted by molar-refractivity contribution is -0.140. The summed E-state index contributed by atoms with van der Waals surface area (Å²) in [6.45, 7) is 1.92. The number of carboxylic acid groups (broad SMARTS) is 1. The van der Waals surface area contributed by atoms with Gasteiger partial charge in [0.05, 0.1) is 24.7 Å². The second kappa shape index (κ2) is 7.11. The highest BCUT2D eigenvalue weighted by Crippen LogP contribution is 2.48. The van der Waals surface area contributed by atoms with Gasteiger partial charge in [0.25, 0.3) is 5.79 Å². The molecule has 146 valence electrons. The molecule has 0 bridgehead atoms. The minimum Gasteiger partial charge on any atom is -0.481 e. The molecular formula is C21H18ClFO5. The average molecular weight is 405 g/mol. The van der Waals surface area contributed by atoms with Crippen molar-refractivity contribution in [2.24, 2.45) is 0 Å². The molecule has 7 heteroatoms. The Morgan fingerprint density at radius 3 is 2.82 bits per heavy atom. The number of aliphatic carboxylic acids is 1. The van der Waals surface area contributed by atoms with E-state index in [2.05, 4.69) is 0 Å². The van der Waals surface area contributed by atoms with E-state index in [0.717, 1.165) is 11.1 Å². The Labute approximate surface area is 166 Å². The smallest absolute Gasteiger partial charge is 0.305 e. The van der Waals surface area contributed by atoms with E-state index in [-0.39, 0.29) is 24.7 Å². The van der Waals surface area contributed by atoms with Crippen LogP contribution in [0.3, 0.4) is 0 Å². The summed E-state index contributed by atoms with van der Waals surface area (Å²) >= 11 is 5.85. The van der Waals surface area contributed by atoms with Crippen LogP contribution in [-0.4, -0.2) is 23.8 Å². The summed E-state index contributed by atoms with van der Waals surface area (Å²) in [6.07, 6.45) is 2.07. The lowest BCUT2D eigenvalue weighted by atomic mass is 9.99. The number of hydrogen-bond donors (Lipinski definition) is 1. The molecule has 2 aromatic carbocycles. The molecule has 0 fully saturated rings. The van der Waals surface area contributed by atoms with E-state index in [9.17, 15) is 9.18 Å². The summed E-state index contributed by atoms with van der Waals surface area (Å²) in [5.41, 5.74) is 1.90. The first-order chi connectivity index (χ1) is 13.4. The number of halogens is 2. The van der Waals surface area contributed by atoms with Crippen LogP contribution < -0.4 is 9.47 Å². The van der Waals surface area contributed by atoms with Crippen LogP contribution in [0.15, 0.2) is 42.5 Å². The van der Waals surface area contributed by atoms with Gasteiger partial charge in [-0.05, 0) is 36.3 Å². The minimum atomic E-state index is -1.32. The summed E-state index contributed by atoms with van der Waals surface area (Å²) < 4.78 is 32.2. The van der Waals surface area contributed by atoms with Crippen molar-refractivity contribution in [1.82, 2.24) is 0 Å². The van der Waals surface area contributed by atoms with E-state index in [1.165, 1.54) is 6.07 Å². The Morgan fingerprint density at radius 1 is 1.32 bits per heavy atom. The van der Waals surface area contributed by atoms with Crippen molar-refractivity contribution in [3.05, 3.63) is 64.4 Å². The maximum atomic E-state index is 14.4. The van der Waals surface area contributed by atoms with Gasteiger partial charge < -0.3 is 19.3 Å². The van der Waals surface area contributed by atoms with Crippen molar-refractivity contribution in [3.8, 4) is 11.5 Å². The molecule has 0 aliphatic carbocycles. The quantitative estimate of drug-likeness (QED) is 0.795. The molecule has 5 nitrogen and oxygen atoms in total. The summed E-state index contributed by atoms with van der Waals surface area (Å²) in [5.74, 6) is -1.72. The Hall–Kier alpha value is -2.57. The molecule has 0 amide bonds. The Kier molecular flexibility index (Phi) is 4.77. The van der Waals surface area contributed by atoms with Gasteiger partial charge in [-0.25, -0.2) is 4.39 Å². The van der Waals surface area contributed by atoms with Crippen molar-refractivity contribution in [3.63, 3.8) is 0 Å². The highest BCUT2D eigenvalue weighted by molar-refractivity contribution is 6.30. The molecule has 2 aliphatic heterocycles. The van der Waals surface area contributed by atoms with Gasteiger partial charge in [-0.15, -0.1) is 0 Å². The number of para-hydroxylation sites is 1. The highest BCUT2D eigenvalue weighted by atomic mass is 35.5. The van der Waals surface area contributed by atoms with E-state index in [4.69, 9.17) is 30.9 Å². The van der Waals surface area contributed by atoms with Crippen LogP contribution in [-0.2, 0) is 15.3 Å². The fraction of sp³-hybridized carbons (Fsp3) is 0.286. The number of hydrogen-bond acceptors (Lipinski definition) is 4. The zero-order valence-corrected chi connectivity index (χ0v) is 15.8. The van der Waals surface area contributed by atoms with Gasteiger partial charge in [-0.1, -0.05) is 29.8 Å². The number of fused-ring (bicyclic) bond motifs is 1. The van der Waals surface area contributed by atoms with Gasteiger partial charge in [0.2, 0.25) is 0 Å². The van der Waals surface area contributed by atoms with Gasteiger partial charge in [-0.2, -0.15) is 0 Å². The molecule has 1 N–H and O–H groups in total. The van der Waals surface area contributed by atoms with Gasteiger partial charge in [0, 0.05) is 17.5 Å². The lowest BCUT2D eigenvalue weighted by Crippen LogP contribution is -2.32. The standard InChI is InChI=1S/C21H18ClFO5/c1-21(16-8-6-13(22)9-17(16)23)27-18-4-2-3-15(20(18)28-21)12-5-7-14(26-11-12)10-19(24)25/h2-6,8-9,14H,7,10-11H2,1H3,(H,24,25)/t14-,21-/m0/s1. The molecule has 2 heterocycles. The molecule has 2 atom stereocenters.